The summed E-state index contributed by atoms with van der Waals surface area (Å²) >= 11 is 0. The van der Waals surface area contributed by atoms with E-state index in [0.29, 0.717) is 31.6 Å². The van der Waals surface area contributed by atoms with E-state index in [1.54, 1.807) is 12.1 Å². The lowest BCUT2D eigenvalue weighted by Gasteiger charge is -2.32. The molecule has 1 fully saturated rings. The molecule has 0 amide bonds. The third-order valence-corrected chi connectivity index (χ3v) is 6.97. The molecule has 2 heterocycles. The molecule has 0 atom stereocenters. The fourth-order valence-corrected chi connectivity index (χ4v) is 4.80. The largest absolute Gasteiger partial charge is 0.473 e. The van der Waals surface area contributed by atoms with Crippen LogP contribution in [-0.2, 0) is 22.7 Å². The molecule has 1 saturated heterocycles. The SMILES string of the molecule is CC.COC(=O)C1CCN(c2cc(F)c(-c3ccc(OCc4ccccc4)nc3OCc3ccccc3)c(F)c2)CC1. The van der Waals surface area contributed by atoms with E-state index in [2.05, 4.69) is 4.98 Å². The van der Waals surface area contributed by atoms with Crippen molar-refractivity contribution in [3.8, 4) is 22.9 Å². The van der Waals surface area contributed by atoms with Gasteiger partial charge in [0.05, 0.1) is 24.2 Å². The number of halogens is 2. The molecule has 42 heavy (non-hydrogen) atoms. The van der Waals surface area contributed by atoms with Gasteiger partial charge >= 0.3 is 5.97 Å². The van der Waals surface area contributed by atoms with Gasteiger partial charge in [0.2, 0.25) is 11.8 Å². The van der Waals surface area contributed by atoms with Crippen LogP contribution in [0.2, 0.25) is 0 Å². The molecule has 6 nitrogen and oxygen atoms in total. The zero-order valence-corrected chi connectivity index (χ0v) is 24.2. The van der Waals surface area contributed by atoms with Gasteiger partial charge in [0.25, 0.3) is 0 Å². The minimum atomic E-state index is -0.727. The molecule has 1 aromatic heterocycles. The molecule has 0 bridgehead atoms. The van der Waals surface area contributed by atoms with Crippen LogP contribution in [0.15, 0.2) is 84.9 Å². The predicted octanol–water partition coefficient (Wildman–Crippen LogP) is 7.60. The number of nitrogens with zero attached hydrogens (tertiary/aromatic N) is 2. The first kappa shape index (κ1) is 30.5. The summed E-state index contributed by atoms with van der Waals surface area (Å²) in [5, 5.41) is 0. The van der Waals surface area contributed by atoms with Crippen molar-refractivity contribution >= 4 is 11.7 Å². The first-order valence-corrected chi connectivity index (χ1v) is 14.2. The predicted molar refractivity (Wildman–Crippen MR) is 159 cm³/mol. The average molecular weight is 575 g/mol. The summed E-state index contributed by atoms with van der Waals surface area (Å²) in [6.07, 6.45) is 1.12. The lowest BCUT2D eigenvalue weighted by molar-refractivity contribution is -0.146. The van der Waals surface area contributed by atoms with Crippen molar-refractivity contribution in [2.45, 2.75) is 39.9 Å². The normalized spacial score (nSPS) is 13.1. The molecule has 1 aliphatic heterocycles. The number of aromatic nitrogens is 1. The number of esters is 1. The van der Waals surface area contributed by atoms with E-state index in [9.17, 15) is 4.79 Å². The Kier molecular flexibility index (Phi) is 10.9. The molecular formula is C34H36F2N2O4. The number of methoxy groups -OCH3 is 1. The van der Waals surface area contributed by atoms with Gasteiger partial charge < -0.3 is 19.1 Å². The Balaban J connectivity index is 0.00000198. The number of hydrogen-bond donors (Lipinski definition) is 0. The van der Waals surface area contributed by atoms with E-state index in [1.165, 1.54) is 19.2 Å². The van der Waals surface area contributed by atoms with Crippen molar-refractivity contribution in [1.29, 1.82) is 0 Å². The maximum atomic E-state index is 15.6. The second kappa shape index (κ2) is 15.0. The van der Waals surface area contributed by atoms with Crippen LogP contribution in [0.25, 0.3) is 11.1 Å². The van der Waals surface area contributed by atoms with Gasteiger partial charge in [-0.2, -0.15) is 4.98 Å². The van der Waals surface area contributed by atoms with Gasteiger partial charge in [0.1, 0.15) is 24.8 Å². The molecule has 3 aromatic carbocycles. The number of carbonyl (C=O) groups is 1. The van der Waals surface area contributed by atoms with Gasteiger partial charge in [-0.3, -0.25) is 4.79 Å². The lowest BCUT2D eigenvalue weighted by Crippen LogP contribution is -2.36. The number of ether oxygens (including phenoxy) is 3. The van der Waals surface area contributed by atoms with E-state index in [1.807, 2.05) is 79.4 Å². The van der Waals surface area contributed by atoms with Gasteiger partial charge in [0.15, 0.2) is 0 Å². The molecule has 0 spiro atoms. The monoisotopic (exact) mass is 574 g/mol. The average Bonchev–Trinajstić information content (AvgIpc) is 3.04. The van der Waals surface area contributed by atoms with E-state index < -0.39 is 11.6 Å². The van der Waals surface area contributed by atoms with Crippen LogP contribution in [-0.4, -0.2) is 31.2 Å². The molecule has 1 aliphatic rings. The van der Waals surface area contributed by atoms with E-state index in [0.717, 1.165) is 11.1 Å². The van der Waals surface area contributed by atoms with Gasteiger partial charge in [-0.05, 0) is 42.2 Å². The minimum absolute atomic E-state index is 0.0684. The summed E-state index contributed by atoms with van der Waals surface area (Å²) in [6, 6.07) is 24.9. The summed E-state index contributed by atoms with van der Waals surface area (Å²) in [6.45, 7) is 5.45. The van der Waals surface area contributed by atoms with Crippen molar-refractivity contribution in [3.05, 3.63) is 108 Å². The molecular weight excluding hydrogens is 538 g/mol. The van der Waals surface area contributed by atoms with E-state index >= 15 is 8.78 Å². The highest BCUT2D eigenvalue weighted by molar-refractivity contribution is 5.74. The first-order chi connectivity index (χ1) is 20.5. The maximum Gasteiger partial charge on any atom is 0.308 e. The zero-order chi connectivity index (χ0) is 29.9. The van der Waals surface area contributed by atoms with Crippen LogP contribution in [0.1, 0.15) is 37.8 Å². The molecule has 0 radical (unpaired) electrons. The molecule has 0 N–H and O–H groups in total. The Bertz CT molecular complexity index is 1420. The van der Waals surface area contributed by atoms with Crippen LogP contribution >= 0.6 is 0 Å². The summed E-state index contributed by atoms with van der Waals surface area (Å²) < 4.78 is 47.8. The molecule has 8 heteroatoms. The maximum absolute atomic E-state index is 15.6. The highest BCUT2D eigenvalue weighted by Crippen LogP contribution is 2.37. The fourth-order valence-electron chi connectivity index (χ4n) is 4.80. The topological polar surface area (TPSA) is 60.9 Å². The number of rotatable bonds is 9. The number of hydrogen-bond acceptors (Lipinski definition) is 6. The van der Waals surface area contributed by atoms with Crippen molar-refractivity contribution < 1.29 is 27.8 Å². The smallest absolute Gasteiger partial charge is 0.308 e. The second-order valence-electron chi connectivity index (χ2n) is 9.62. The number of pyridine rings is 1. The molecule has 0 aliphatic carbocycles. The van der Waals surface area contributed by atoms with Gasteiger partial charge in [0, 0.05) is 24.8 Å². The summed E-state index contributed by atoms with van der Waals surface area (Å²) in [4.78, 5) is 18.2. The van der Waals surface area contributed by atoms with Crippen LogP contribution in [0.3, 0.4) is 0 Å². The Hall–Kier alpha value is -4.46. The first-order valence-electron chi connectivity index (χ1n) is 14.2. The third-order valence-electron chi connectivity index (χ3n) is 6.97. The number of benzene rings is 3. The molecule has 5 rings (SSSR count). The highest BCUT2D eigenvalue weighted by Gasteiger charge is 2.27. The molecule has 220 valence electrons. The summed E-state index contributed by atoms with van der Waals surface area (Å²) in [5.74, 6) is -1.56. The van der Waals surface area contributed by atoms with Gasteiger partial charge in [-0.1, -0.05) is 74.5 Å². The number of anilines is 1. The fraction of sp³-hybridized carbons (Fsp3) is 0.294. The Labute approximate surface area is 245 Å². The minimum Gasteiger partial charge on any atom is -0.473 e. The van der Waals surface area contributed by atoms with Crippen molar-refractivity contribution in [3.63, 3.8) is 0 Å². The van der Waals surface area contributed by atoms with Crippen LogP contribution in [0, 0.1) is 17.6 Å². The second-order valence-corrected chi connectivity index (χ2v) is 9.62. The third kappa shape index (κ3) is 7.63. The molecule has 0 unspecified atom stereocenters. The Morgan fingerprint density at radius 1 is 0.833 bits per heavy atom. The summed E-state index contributed by atoms with van der Waals surface area (Å²) in [5.41, 5.74) is 2.23. The molecule has 4 aromatic rings. The zero-order valence-electron chi connectivity index (χ0n) is 24.2. The standard InChI is InChI=1S/C32H30F2N2O4.C2H6/c1-38-32(37)24-14-16-36(17-15-24)25-18-27(33)30(28(34)19-25)26-12-13-29(39-20-22-8-4-2-5-9-22)35-31(26)40-21-23-10-6-3-7-11-23;1-2/h2-13,18-19,24H,14-17,20-21H2,1H3;1-2H3. The van der Waals surface area contributed by atoms with Crippen molar-refractivity contribution in [2.24, 2.45) is 5.92 Å². The quantitative estimate of drug-likeness (QED) is 0.192. The number of piperidine rings is 1. The lowest BCUT2D eigenvalue weighted by atomic mass is 9.96. The van der Waals surface area contributed by atoms with E-state index in [4.69, 9.17) is 14.2 Å². The van der Waals surface area contributed by atoms with Gasteiger partial charge in [-0.15, -0.1) is 0 Å². The van der Waals surface area contributed by atoms with E-state index in [-0.39, 0.29) is 48.0 Å². The van der Waals surface area contributed by atoms with Crippen molar-refractivity contribution in [1.82, 2.24) is 4.98 Å². The Morgan fingerprint density at radius 3 is 1.93 bits per heavy atom. The van der Waals surface area contributed by atoms with Gasteiger partial charge in [-0.25, -0.2) is 8.78 Å². The number of carbonyl (C=O) groups excluding carboxylic acids is 1. The Morgan fingerprint density at radius 2 is 1.38 bits per heavy atom. The summed E-state index contributed by atoms with van der Waals surface area (Å²) in [7, 11) is 1.37. The van der Waals surface area contributed by atoms with Crippen LogP contribution in [0.5, 0.6) is 11.8 Å². The van der Waals surface area contributed by atoms with Crippen LogP contribution in [0.4, 0.5) is 14.5 Å². The van der Waals surface area contributed by atoms with Crippen molar-refractivity contribution in [2.75, 3.05) is 25.1 Å². The molecule has 0 saturated carbocycles. The van der Waals surface area contributed by atoms with Crippen LogP contribution < -0.4 is 14.4 Å². The highest BCUT2D eigenvalue weighted by atomic mass is 19.1.